The molecule has 214 valence electrons. The molecule has 0 spiro atoms. The number of unbranched alkanes of at least 4 members (excludes halogenated alkanes) is 2. The fourth-order valence-electron chi connectivity index (χ4n) is 5.58. The Kier molecular flexibility index (Phi) is 8.62. The smallest absolute Gasteiger partial charge is 0.295 e. The Hall–Kier alpha value is -4.26. The van der Waals surface area contributed by atoms with Crippen molar-refractivity contribution in [3.05, 3.63) is 94.6 Å². The first kappa shape index (κ1) is 28.3. The van der Waals surface area contributed by atoms with Crippen LogP contribution >= 0.6 is 0 Å². The van der Waals surface area contributed by atoms with Crippen LogP contribution in [0.5, 0.6) is 17.2 Å². The molecule has 2 aliphatic rings. The SMILES string of the molecule is CCCCCOc1ccc([C@H]2/C(=C(\O)c3ccc4c(c3)C[C@@H](C)O4)C(=O)C(=O)N2CCc2ccccc2)cc1OC. The summed E-state index contributed by atoms with van der Waals surface area (Å²) >= 11 is 0. The Morgan fingerprint density at radius 3 is 2.59 bits per heavy atom. The number of likely N-dealkylation sites (tertiary alicyclic amines) is 1. The molecular weight excluding hydrogens is 518 g/mol. The lowest BCUT2D eigenvalue weighted by Gasteiger charge is -2.26. The lowest BCUT2D eigenvalue weighted by atomic mass is 9.94. The number of carbonyl (C=O) groups is 2. The summed E-state index contributed by atoms with van der Waals surface area (Å²) in [5, 5.41) is 11.6. The van der Waals surface area contributed by atoms with E-state index < -0.39 is 17.7 Å². The maximum absolute atomic E-state index is 13.5. The van der Waals surface area contributed by atoms with Gasteiger partial charge in [0.15, 0.2) is 11.5 Å². The number of aliphatic hydroxyl groups is 1. The number of ether oxygens (including phenoxy) is 3. The Bertz CT molecular complexity index is 1450. The topological polar surface area (TPSA) is 85.3 Å². The van der Waals surface area contributed by atoms with Crippen LogP contribution in [0, 0.1) is 0 Å². The van der Waals surface area contributed by atoms with Crippen LogP contribution in [-0.2, 0) is 22.4 Å². The maximum atomic E-state index is 13.5. The molecule has 7 heteroatoms. The average molecular weight is 556 g/mol. The van der Waals surface area contributed by atoms with Gasteiger partial charge in [-0.3, -0.25) is 9.59 Å². The number of methoxy groups -OCH3 is 1. The summed E-state index contributed by atoms with van der Waals surface area (Å²) in [6.07, 6.45) is 4.42. The molecule has 0 aromatic heterocycles. The molecule has 3 aromatic rings. The Morgan fingerprint density at radius 2 is 1.83 bits per heavy atom. The monoisotopic (exact) mass is 555 g/mol. The number of rotatable bonds is 11. The standard InChI is InChI=1S/C34H37NO6/c1-4-5-9-18-40-28-15-12-24(21-29(28)39-3)31-30(32(36)25-13-14-27-26(20-25)19-22(2)41-27)33(37)34(38)35(31)17-16-23-10-7-6-8-11-23/h6-8,10-15,20-22,31,36H,4-5,9,16-19H2,1-3H3/b32-30+/t22-,31+/m1/s1. The summed E-state index contributed by atoms with van der Waals surface area (Å²) in [4.78, 5) is 28.6. The van der Waals surface area contributed by atoms with E-state index in [-0.39, 0.29) is 17.4 Å². The number of aliphatic hydroxyl groups excluding tert-OH is 1. The van der Waals surface area contributed by atoms with Crippen LogP contribution in [0.3, 0.4) is 0 Å². The molecule has 0 bridgehead atoms. The van der Waals surface area contributed by atoms with Gasteiger partial charge in [0.25, 0.3) is 11.7 Å². The van der Waals surface area contributed by atoms with E-state index in [1.165, 1.54) is 0 Å². The summed E-state index contributed by atoms with van der Waals surface area (Å²) in [7, 11) is 1.57. The van der Waals surface area contributed by atoms with Gasteiger partial charge in [0.2, 0.25) is 0 Å². The second-order valence-electron chi connectivity index (χ2n) is 10.6. The predicted octanol–water partition coefficient (Wildman–Crippen LogP) is 6.25. The Balaban J connectivity index is 1.54. The second-order valence-corrected chi connectivity index (χ2v) is 10.6. The van der Waals surface area contributed by atoms with Gasteiger partial charge < -0.3 is 24.2 Å². The van der Waals surface area contributed by atoms with Crippen LogP contribution in [0.15, 0.2) is 72.3 Å². The minimum atomic E-state index is -0.787. The predicted molar refractivity (Wildman–Crippen MR) is 157 cm³/mol. The van der Waals surface area contributed by atoms with E-state index >= 15 is 0 Å². The highest BCUT2D eigenvalue weighted by molar-refractivity contribution is 6.46. The van der Waals surface area contributed by atoms with Gasteiger partial charge in [0.1, 0.15) is 17.6 Å². The normalized spacial score (nSPS) is 19.2. The summed E-state index contributed by atoms with van der Waals surface area (Å²) in [6.45, 7) is 5.01. The maximum Gasteiger partial charge on any atom is 0.295 e. The lowest BCUT2D eigenvalue weighted by molar-refractivity contribution is -0.139. The average Bonchev–Trinajstić information content (AvgIpc) is 3.49. The van der Waals surface area contributed by atoms with Crippen LogP contribution in [-0.4, -0.2) is 48.1 Å². The number of hydrogen-bond donors (Lipinski definition) is 1. The van der Waals surface area contributed by atoms with Crippen molar-refractivity contribution < 1.29 is 28.9 Å². The van der Waals surface area contributed by atoms with Gasteiger partial charge in [-0.15, -0.1) is 0 Å². The fourth-order valence-corrected chi connectivity index (χ4v) is 5.58. The highest BCUT2D eigenvalue weighted by Gasteiger charge is 2.46. The van der Waals surface area contributed by atoms with E-state index in [1.54, 1.807) is 24.1 Å². The zero-order valence-corrected chi connectivity index (χ0v) is 23.9. The van der Waals surface area contributed by atoms with Crippen LogP contribution in [0.25, 0.3) is 5.76 Å². The molecular formula is C34H37NO6. The number of hydrogen-bond acceptors (Lipinski definition) is 6. The third kappa shape index (κ3) is 5.94. The van der Waals surface area contributed by atoms with Crippen molar-refractivity contribution in [2.24, 2.45) is 0 Å². The highest BCUT2D eigenvalue weighted by atomic mass is 16.5. The molecule has 41 heavy (non-hydrogen) atoms. The van der Waals surface area contributed by atoms with Gasteiger partial charge in [0.05, 0.1) is 25.3 Å². The number of nitrogens with zero attached hydrogens (tertiary/aromatic N) is 1. The van der Waals surface area contributed by atoms with Crippen molar-refractivity contribution in [1.82, 2.24) is 4.90 Å². The molecule has 1 N–H and O–H groups in total. The van der Waals surface area contributed by atoms with Crippen molar-refractivity contribution in [3.63, 3.8) is 0 Å². The molecule has 3 aromatic carbocycles. The summed E-state index contributed by atoms with van der Waals surface area (Å²) in [5.74, 6) is 0.344. The van der Waals surface area contributed by atoms with Gasteiger partial charge in [-0.25, -0.2) is 0 Å². The summed E-state index contributed by atoms with van der Waals surface area (Å²) in [5.41, 5.74) is 3.22. The summed E-state index contributed by atoms with van der Waals surface area (Å²) < 4.78 is 17.4. The number of carbonyl (C=O) groups excluding carboxylic acids is 2. The van der Waals surface area contributed by atoms with Gasteiger partial charge >= 0.3 is 0 Å². The lowest BCUT2D eigenvalue weighted by Crippen LogP contribution is -2.31. The van der Waals surface area contributed by atoms with E-state index in [2.05, 4.69) is 6.92 Å². The van der Waals surface area contributed by atoms with Crippen LogP contribution < -0.4 is 14.2 Å². The largest absolute Gasteiger partial charge is 0.507 e. The molecule has 0 radical (unpaired) electrons. The molecule has 5 rings (SSSR count). The van der Waals surface area contributed by atoms with Crippen molar-refractivity contribution in [3.8, 4) is 17.2 Å². The van der Waals surface area contributed by atoms with E-state index in [9.17, 15) is 14.7 Å². The zero-order chi connectivity index (χ0) is 28.9. The first-order valence-corrected chi connectivity index (χ1v) is 14.3. The van der Waals surface area contributed by atoms with Crippen LogP contribution in [0.2, 0.25) is 0 Å². The van der Waals surface area contributed by atoms with E-state index in [0.29, 0.717) is 48.6 Å². The fraction of sp³-hybridized carbons (Fsp3) is 0.353. The third-order valence-electron chi connectivity index (χ3n) is 7.70. The van der Waals surface area contributed by atoms with Gasteiger partial charge in [-0.05, 0) is 66.8 Å². The summed E-state index contributed by atoms with van der Waals surface area (Å²) in [6, 6.07) is 19.9. The number of benzene rings is 3. The quantitative estimate of drug-likeness (QED) is 0.130. The number of fused-ring (bicyclic) bond motifs is 1. The van der Waals surface area contributed by atoms with Gasteiger partial charge in [0, 0.05) is 18.5 Å². The molecule has 2 aliphatic heterocycles. The molecule has 7 nitrogen and oxygen atoms in total. The second kappa shape index (κ2) is 12.5. The van der Waals surface area contributed by atoms with Crippen LogP contribution in [0.1, 0.15) is 61.4 Å². The van der Waals surface area contributed by atoms with Crippen molar-refractivity contribution in [2.45, 2.75) is 58.1 Å². The molecule has 1 saturated heterocycles. The number of amides is 1. The van der Waals surface area contributed by atoms with Crippen molar-refractivity contribution in [2.75, 3.05) is 20.3 Å². The van der Waals surface area contributed by atoms with E-state index in [4.69, 9.17) is 14.2 Å². The van der Waals surface area contributed by atoms with Crippen molar-refractivity contribution >= 4 is 17.4 Å². The molecule has 0 aliphatic carbocycles. The first-order chi connectivity index (χ1) is 19.9. The number of Topliss-reactive ketones (excluding diaryl/α,β-unsaturated/α-hetero) is 1. The van der Waals surface area contributed by atoms with Crippen molar-refractivity contribution in [1.29, 1.82) is 0 Å². The first-order valence-electron chi connectivity index (χ1n) is 14.3. The molecule has 1 fully saturated rings. The Morgan fingerprint density at radius 1 is 1.02 bits per heavy atom. The Labute approximate surface area is 241 Å². The molecule has 2 heterocycles. The molecule has 1 amide bonds. The molecule has 0 unspecified atom stereocenters. The van der Waals surface area contributed by atoms with Crippen LogP contribution in [0.4, 0.5) is 0 Å². The van der Waals surface area contributed by atoms with Gasteiger partial charge in [-0.2, -0.15) is 0 Å². The van der Waals surface area contributed by atoms with E-state index in [0.717, 1.165) is 36.1 Å². The zero-order valence-electron chi connectivity index (χ0n) is 23.9. The number of ketones is 1. The molecule has 2 atom stereocenters. The van der Waals surface area contributed by atoms with E-state index in [1.807, 2.05) is 61.5 Å². The molecule has 0 saturated carbocycles. The van der Waals surface area contributed by atoms with Gasteiger partial charge in [-0.1, -0.05) is 56.2 Å². The highest BCUT2D eigenvalue weighted by Crippen LogP contribution is 2.43. The third-order valence-corrected chi connectivity index (χ3v) is 7.70. The minimum absolute atomic E-state index is 0.0427. The minimum Gasteiger partial charge on any atom is -0.507 e.